The first kappa shape index (κ1) is 16.4. The van der Waals surface area contributed by atoms with Crippen molar-refractivity contribution in [2.45, 2.75) is 50.5 Å². The van der Waals surface area contributed by atoms with Crippen LogP contribution in [0.25, 0.3) is 0 Å². The molecule has 0 unspecified atom stereocenters. The quantitative estimate of drug-likeness (QED) is 0.629. The standard InChI is InChI=1S/C16H28N2S/c1-14(2)19-13-15-7-9-16(10-8-15)18-12-6-4-3-5-11-17/h7-10,14,18H,3-6,11-13,17H2,1-2H3. The highest BCUT2D eigenvalue weighted by Gasteiger charge is 1.98. The van der Waals surface area contributed by atoms with Gasteiger partial charge in [0.05, 0.1) is 0 Å². The van der Waals surface area contributed by atoms with Crippen molar-refractivity contribution in [1.82, 2.24) is 0 Å². The summed E-state index contributed by atoms with van der Waals surface area (Å²) in [7, 11) is 0. The predicted octanol–water partition coefficient (Wildman–Crippen LogP) is 4.26. The van der Waals surface area contributed by atoms with Gasteiger partial charge < -0.3 is 11.1 Å². The highest BCUT2D eigenvalue weighted by Crippen LogP contribution is 2.18. The zero-order chi connectivity index (χ0) is 13.9. The minimum absolute atomic E-state index is 0.700. The average Bonchev–Trinajstić information content (AvgIpc) is 2.41. The normalized spacial score (nSPS) is 10.9. The van der Waals surface area contributed by atoms with Gasteiger partial charge >= 0.3 is 0 Å². The molecule has 0 aliphatic carbocycles. The van der Waals surface area contributed by atoms with Gasteiger partial charge in [-0.15, -0.1) is 0 Å². The lowest BCUT2D eigenvalue weighted by Crippen LogP contribution is -2.02. The van der Waals surface area contributed by atoms with Crippen LogP contribution in [0, 0.1) is 0 Å². The molecule has 0 heterocycles. The third-order valence-electron chi connectivity index (χ3n) is 3.00. The van der Waals surface area contributed by atoms with Crippen LogP contribution in [0.3, 0.4) is 0 Å². The van der Waals surface area contributed by atoms with Gasteiger partial charge in [0.1, 0.15) is 0 Å². The summed E-state index contributed by atoms with van der Waals surface area (Å²) in [6, 6.07) is 8.84. The second-order valence-electron chi connectivity index (χ2n) is 5.19. The van der Waals surface area contributed by atoms with Gasteiger partial charge in [0.25, 0.3) is 0 Å². The van der Waals surface area contributed by atoms with Crippen LogP contribution in [-0.4, -0.2) is 18.3 Å². The highest BCUT2D eigenvalue weighted by molar-refractivity contribution is 7.99. The zero-order valence-corrected chi connectivity index (χ0v) is 13.1. The lowest BCUT2D eigenvalue weighted by Gasteiger charge is -2.08. The minimum Gasteiger partial charge on any atom is -0.385 e. The summed E-state index contributed by atoms with van der Waals surface area (Å²) in [5.41, 5.74) is 8.12. The van der Waals surface area contributed by atoms with Crippen molar-refractivity contribution in [3.05, 3.63) is 29.8 Å². The van der Waals surface area contributed by atoms with Gasteiger partial charge in [-0.05, 0) is 42.3 Å². The molecular formula is C16H28N2S. The van der Waals surface area contributed by atoms with Crippen LogP contribution in [0.5, 0.6) is 0 Å². The molecule has 0 radical (unpaired) electrons. The summed E-state index contributed by atoms with van der Waals surface area (Å²) >= 11 is 1.99. The van der Waals surface area contributed by atoms with Gasteiger partial charge in [0.15, 0.2) is 0 Å². The Morgan fingerprint density at radius 2 is 1.74 bits per heavy atom. The molecule has 19 heavy (non-hydrogen) atoms. The third kappa shape index (κ3) is 8.17. The fourth-order valence-electron chi connectivity index (χ4n) is 1.84. The number of nitrogens with two attached hydrogens (primary N) is 1. The van der Waals surface area contributed by atoms with Crippen LogP contribution >= 0.6 is 11.8 Å². The van der Waals surface area contributed by atoms with Gasteiger partial charge in [-0.2, -0.15) is 11.8 Å². The second kappa shape index (κ2) is 10.2. The maximum absolute atomic E-state index is 5.47. The molecule has 3 N–H and O–H groups in total. The highest BCUT2D eigenvalue weighted by atomic mass is 32.2. The number of nitrogens with one attached hydrogen (secondary N) is 1. The largest absolute Gasteiger partial charge is 0.385 e. The predicted molar refractivity (Wildman–Crippen MR) is 88.9 cm³/mol. The average molecular weight is 280 g/mol. The van der Waals surface area contributed by atoms with Crippen LogP contribution in [0.4, 0.5) is 5.69 Å². The van der Waals surface area contributed by atoms with E-state index in [0.29, 0.717) is 5.25 Å². The Labute approximate surface area is 122 Å². The van der Waals surface area contributed by atoms with E-state index in [4.69, 9.17) is 5.73 Å². The lowest BCUT2D eigenvalue weighted by molar-refractivity contribution is 0.661. The summed E-state index contributed by atoms with van der Waals surface area (Å²) in [6.07, 6.45) is 4.91. The molecule has 0 fully saturated rings. The van der Waals surface area contributed by atoms with E-state index < -0.39 is 0 Å². The fraction of sp³-hybridized carbons (Fsp3) is 0.625. The Morgan fingerprint density at radius 3 is 2.37 bits per heavy atom. The van der Waals surface area contributed by atoms with Gasteiger partial charge in [0, 0.05) is 18.0 Å². The maximum Gasteiger partial charge on any atom is 0.0340 e. The van der Waals surface area contributed by atoms with E-state index in [-0.39, 0.29) is 0 Å². The topological polar surface area (TPSA) is 38.0 Å². The molecule has 0 aromatic heterocycles. The number of hydrogen-bond acceptors (Lipinski definition) is 3. The second-order valence-corrected chi connectivity index (χ2v) is 6.75. The first-order valence-corrected chi connectivity index (χ1v) is 8.41. The van der Waals surface area contributed by atoms with Crippen LogP contribution in [-0.2, 0) is 5.75 Å². The van der Waals surface area contributed by atoms with Crippen molar-refractivity contribution in [3.8, 4) is 0 Å². The Bertz CT molecular complexity index is 322. The van der Waals surface area contributed by atoms with Crippen LogP contribution < -0.4 is 11.1 Å². The molecule has 0 spiro atoms. The molecule has 0 atom stereocenters. The third-order valence-corrected chi connectivity index (χ3v) is 4.16. The van der Waals surface area contributed by atoms with E-state index in [1.54, 1.807) is 0 Å². The Morgan fingerprint density at radius 1 is 1.05 bits per heavy atom. The van der Waals surface area contributed by atoms with Gasteiger partial charge in [-0.1, -0.05) is 38.8 Å². The summed E-state index contributed by atoms with van der Waals surface area (Å²) in [6.45, 7) is 6.37. The maximum atomic E-state index is 5.47. The molecule has 1 rings (SSSR count). The SMILES string of the molecule is CC(C)SCc1ccc(NCCCCCCN)cc1. The molecule has 0 saturated heterocycles. The molecule has 0 bridgehead atoms. The van der Waals surface area contributed by atoms with Crippen LogP contribution in [0.2, 0.25) is 0 Å². The fourth-order valence-corrected chi connectivity index (χ4v) is 2.56. The van der Waals surface area contributed by atoms with E-state index in [9.17, 15) is 0 Å². The van der Waals surface area contributed by atoms with Crippen LogP contribution in [0.15, 0.2) is 24.3 Å². The number of rotatable bonds is 10. The Balaban J connectivity index is 2.17. The van der Waals surface area contributed by atoms with Gasteiger partial charge in [-0.25, -0.2) is 0 Å². The van der Waals surface area contributed by atoms with Gasteiger partial charge in [-0.3, -0.25) is 0 Å². The van der Waals surface area contributed by atoms with Crippen molar-refractivity contribution < 1.29 is 0 Å². The monoisotopic (exact) mass is 280 g/mol. The van der Waals surface area contributed by atoms with E-state index in [2.05, 4.69) is 43.4 Å². The number of hydrogen-bond donors (Lipinski definition) is 2. The van der Waals surface area contributed by atoms with E-state index in [1.807, 2.05) is 11.8 Å². The van der Waals surface area contributed by atoms with E-state index >= 15 is 0 Å². The molecule has 0 aliphatic heterocycles. The van der Waals surface area contributed by atoms with Gasteiger partial charge in [0.2, 0.25) is 0 Å². The number of anilines is 1. The van der Waals surface area contributed by atoms with E-state index in [0.717, 1.165) is 25.3 Å². The zero-order valence-electron chi connectivity index (χ0n) is 12.3. The molecule has 1 aromatic rings. The number of unbranched alkanes of at least 4 members (excludes halogenated alkanes) is 3. The molecule has 0 aliphatic rings. The van der Waals surface area contributed by atoms with Crippen molar-refractivity contribution in [2.24, 2.45) is 5.73 Å². The van der Waals surface area contributed by atoms with E-state index in [1.165, 1.54) is 30.5 Å². The summed E-state index contributed by atoms with van der Waals surface area (Å²) in [5, 5.41) is 4.18. The summed E-state index contributed by atoms with van der Waals surface area (Å²) < 4.78 is 0. The first-order chi connectivity index (χ1) is 9.22. The lowest BCUT2D eigenvalue weighted by atomic mass is 10.2. The summed E-state index contributed by atoms with van der Waals surface area (Å²) in [5.74, 6) is 1.11. The van der Waals surface area contributed by atoms with Crippen molar-refractivity contribution >= 4 is 17.4 Å². The smallest absolute Gasteiger partial charge is 0.0340 e. The molecule has 108 valence electrons. The molecule has 0 amide bonds. The van der Waals surface area contributed by atoms with Crippen molar-refractivity contribution in [3.63, 3.8) is 0 Å². The minimum atomic E-state index is 0.700. The Hall–Kier alpha value is -0.670. The van der Waals surface area contributed by atoms with Crippen molar-refractivity contribution in [2.75, 3.05) is 18.4 Å². The molecule has 0 saturated carbocycles. The number of benzene rings is 1. The van der Waals surface area contributed by atoms with Crippen molar-refractivity contribution in [1.29, 1.82) is 0 Å². The molecule has 2 nitrogen and oxygen atoms in total. The van der Waals surface area contributed by atoms with Crippen LogP contribution in [0.1, 0.15) is 45.1 Å². The number of thioether (sulfide) groups is 1. The first-order valence-electron chi connectivity index (χ1n) is 7.37. The Kier molecular flexibility index (Phi) is 8.76. The summed E-state index contributed by atoms with van der Waals surface area (Å²) in [4.78, 5) is 0. The molecule has 3 heteroatoms. The molecule has 1 aromatic carbocycles. The molecular weight excluding hydrogens is 252 g/mol.